The molecule has 0 bridgehead atoms. The summed E-state index contributed by atoms with van der Waals surface area (Å²) in [4.78, 5) is 25.3. The van der Waals surface area contributed by atoms with E-state index in [0.717, 1.165) is 19.3 Å². The Morgan fingerprint density at radius 3 is 2.21 bits per heavy atom. The van der Waals surface area contributed by atoms with E-state index in [4.69, 9.17) is 0 Å². The molecule has 1 unspecified atom stereocenters. The molecule has 1 saturated carbocycles. The van der Waals surface area contributed by atoms with Gasteiger partial charge in [0.05, 0.1) is 0 Å². The number of halogens is 1. The van der Waals surface area contributed by atoms with E-state index in [1.807, 2.05) is 32.0 Å². The zero-order valence-corrected chi connectivity index (χ0v) is 16.4. The Kier molecular flexibility index (Phi) is 6.12. The molecule has 2 aromatic rings. The molecule has 1 atom stereocenters. The minimum Gasteiger partial charge on any atom is -0.353 e. The van der Waals surface area contributed by atoms with Crippen LogP contribution >= 0.6 is 0 Å². The lowest BCUT2D eigenvalue weighted by molar-refractivity contribution is -0.124. The van der Waals surface area contributed by atoms with E-state index in [0.29, 0.717) is 12.1 Å². The fraction of sp³-hybridized carbons (Fsp3) is 0.391. The smallest absolute Gasteiger partial charge is 0.251 e. The summed E-state index contributed by atoms with van der Waals surface area (Å²) in [6.45, 7) is 4.35. The van der Waals surface area contributed by atoms with Gasteiger partial charge in [-0.25, -0.2) is 4.39 Å². The number of hydrogen-bond donors (Lipinski definition) is 2. The summed E-state index contributed by atoms with van der Waals surface area (Å²) in [6.07, 6.45) is 3.25. The summed E-state index contributed by atoms with van der Waals surface area (Å²) in [5, 5.41) is 5.85. The minimum absolute atomic E-state index is 0.0145. The lowest BCUT2D eigenvalue weighted by atomic mass is 9.64. The van der Waals surface area contributed by atoms with E-state index in [1.54, 1.807) is 0 Å². The Hall–Kier alpha value is -2.69. The van der Waals surface area contributed by atoms with Gasteiger partial charge in [-0.3, -0.25) is 9.59 Å². The second-order valence-electron chi connectivity index (χ2n) is 7.92. The first-order valence-electron chi connectivity index (χ1n) is 9.81. The molecule has 0 aliphatic heterocycles. The highest BCUT2D eigenvalue weighted by Gasteiger charge is 2.39. The average Bonchev–Trinajstić information content (AvgIpc) is 2.66. The van der Waals surface area contributed by atoms with Crippen molar-refractivity contribution in [2.24, 2.45) is 5.92 Å². The Labute approximate surface area is 165 Å². The Morgan fingerprint density at radius 2 is 1.68 bits per heavy atom. The van der Waals surface area contributed by atoms with Gasteiger partial charge in [0.15, 0.2) is 0 Å². The van der Waals surface area contributed by atoms with Crippen LogP contribution in [0.3, 0.4) is 0 Å². The molecule has 5 heteroatoms. The van der Waals surface area contributed by atoms with Crippen LogP contribution in [0.5, 0.6) is 0 Å². The maximum Gasteiger partial charge on any atom is 0.251 e. The van der Waals surface area contributed by atoms with Gasteiger partial charge in [-0.1, -0.05) is 50.6 Å². The number of rotatable bonds is 7. The van der Waals surface area contributed by atoms with Gasteiger partial charge in [0.1, 0.15) is 11.9 Å². The van der Waals surface area contributed by atoms with E-state index < -0.39 is 11.9 Å². The second-order valence-corrected chi connectivity index (χ2v) is 7.92. The van der Waals surface area contributed by atoms with Crippen LogP contribution < -0.4 is 10.6 Å². The molecule has 1 fully saturated rings. The van der Waals surface area contributed by atoms with E-state index in [2.05, 4.69) is 22.8 Å². The molecule has 1 aliphatic carbocycles. The number of carbonyl (C=O) groups is 2. The number of hydrogen-bond acceptors (Lipinski definition) is 2. The van der Waals surface area contributed by atoms with Crippen molar-refractivity contribution in [1.82, 2.24) is 10.6 Å². The van der Waals surface area contributed by atoms with Crippen molar-refractivity contribution in [2.45, 2.75) is 44.6 Å². The van der Waals surface area contributed by atoms with Gasteiger partial charge in [-0.05, 0) is 48.6 Å². The van der Waals surface area contributed by atoms with Crippen LogP contribution in [0.2, 0.25) is 0 Å². The monoisotopic (exact) mass is 382 g/mol. The fourth-order valence-electron chi connectivity index (χ4n) is 3.69. The molecule has 1 aliphatic rings. The first kappa shape index (κ1) is 20.1. The SMILES string of the molecule is CC(C)C(NC(=O)c1ccc(F)cc1)C(=O)NCC1(c2ccccc2)CCC1. The van der Waals surface area contributed by atoms with Crippen LogP contribution in [-0.4, -0.2) is 24.4 Å². The molecule has 0 spiro atoms. The van der Waals surface area contributed by atoms with Crippen molar-refractivity contribution in [2.75, 3.05) is 6.54 Å². The fourth-order valence-corrected chi connectivity index (χ4v) is 3.69. The molecule has 0 radical (unpaired) electrons. The Bertz CT molecular complexity index is 814. The van der Waals surface area contributed by atoms with Crippen LogP contribution in [0.1, 0.15) is 49.0 Å². The number of nitrogens with one attached hydrogen (secondary N) is 2. The van der Waals surface area contributed by atoms with E-state index in [-0.39, 0.29) is 23.1 Å². The molecule has 0 saturated heterocycles. The Morgan fingerprint density at radius 1 is 1.04 bits per heavy atom. The van der Waals surface area contributed by atoms with Crippen molar-refractivity contribution in [3.05, 3.63) is 71.5 Å². The summed E-state index contributed by atoms with van der Waals surface area (Å²) in [6, 6.07) is 14.9. The van der Waals surface area contributed by atoms with Gasteiger partial charge in [0, 0.05) is 17.5 Å². The maximum atomic E-state index is 13.1. The zero-order valence-electron chi connectivity index (χ0n) is 16.4. The quantitative estimate of drug-likeness (QED) is 0.765. The van der Waals surface area contributed by atoms with Gasteiger partial charge in [-0.15, -0.1) is 0 Å². The van der Waals surface area contributed by atoms with Gasteiger partial charge in [0.2, 0.25) is 5.91 Å². The first-order chi connectivity index (χ1) is 13.4. The minimum atomic E-state index is -0.648. The molecule has 2 aromatic carbocycles. The van der Waals surface area contributed by atoms with Crippen LogP contribution in [0.4, 0.5) is 4.39 Å². The number of benzene rings is 2. The van der Waals surface area contributed by atoms with Gasteiger partial charge in [-0.2, -0.15) is 0 Å². The number of amides is 2. The topological polar surface area (TPSA) is 58.2 Å². The van der Waals surface area contributed by atoms with Crippen LogP contribution in [0.25, 0.3) is 0 Å². The van der Waals surface area contributed by atoms with Gasteiger partial charge in [0.25, 0.3) is 5.91 Å². The van der Waals surface area contributed by atoms with Crippen molar-refractivity contribution in [1.29, 1.82) is 0 Å². The third-order valence-corrected chi connectivity index (χ3v) is 5.64. The highest BCUT2D eigenvalue weighted by molar-refractivity contribution is 5.97. The maximum absolute atomic E-state index is 13.1. The molecule has 148 valence electrons. The van der Waals surface area contributed by atoms with Gasteiger partial charge >= 0.3 is 0 Å². The molecular weight excluding hydrogens is 355 g/mol. The summed E-state index contributed by atoms with van der Waals surface area (Å²) in [5.41, 5.74) is 1.57. The highest BCUT2D eigenvalue weighted by Crippen LogP contribution is 2.43. The van der Waals surface area contributed by atoms with Crippen LogP contribution in [-0.2, 0) is 10.2 Å². The van der Waals surface area contributed by atoms with E-state index >= 15 is 0 Å². The molecular formula is C23H27FN2O2. The molecule has 0 aromatic heterocycles. The lowest BCUT2D eigenvalue weighted by Crippen LogP contribution is -2.53. The third-order valence-electron chi connectivity index (χ3n) is 5.64. The molecule has 28 heavy (non-hydrogen) atoms. The zero-order chi connectivity index (χ0) is 20.1. The molecule has 2 N–H and O–H groups in total. The van der Waals surface area contributed by atoms with Crippen LogP contribution in [0, 0.1) is 11.7 Å². The predicted molar refractivity (Wildman–Crippen MR) is 107 cm³/mol. The van der Waals surface area contributed by atoms with E-state index in [9.17, 15) is 14.0 Å². The summed E-state index contributed by atoms with van der Waals surface area (Å²) < 4.78 is 13.1. The van der Waals surface area contributed by atoms with Crippen molar-refractivity contribution in [3.63, 3.8) is 0 Å². The highest BCUT2D eigenvalue weighted by atomic mass is 19.1. The van der Waals surface area contributed by atoms with Crippen molar-refractivity contribution >= 4 is 11.8 Å². The van der Waals surface area contributed by atoms with Gasteiger partial charge < -0.3 is 10.6 Å². The molecule has 4 nitrogen and oxygen atoms in total. The summed E-state index contributed by atoms with van der Waals surface area (Å²) in [5.74, 6) is -1.04. The Balaban J connectivity index is 1.64. The van der Waals surface area contributed by atoms with Crippen molar-refractivity contribution < 1.29 is 14.0 Å². The van der Waals surface area contributed by atoms with Crippen molar-refractivity contribution in [3.8, 4) is 0 Å². The molecule has 2 amide bonds. The molecule has 0 heterocycles. The predicted octanol–water partition coefficient (Wildman–Crippen LogP) is 3.82. The average molecular weight is 382 g/mol. The standard InChI is InChI=1S/C23H27FN2O2/c1-16(2)20(26-21(27)17-9-11-19(24)12-10-17)22(28)25-15-23(13-6-14-23)18-7-4-3-5-8-18/h3-5,7-12,16,20H,6,13-15H2,1-2H3,(H,25,28)(H,26,27). The number of carbonyl (C=O) groups excluding carboxylic acids is 2. The first-order valence-corrected chi connectivity index (χ1v) is 9.81. The summed E-state index contributed by atoms with van der Waals surface area (Å²) >= 11 is 0. The molecule has 3 rings (SSSR count). The third kappa shape index (κ3) is 4.41. The second kappa shape index (κ2) is 8.55. The van der Waals surface area contributed by atoms with Crippen LogP contribution in [0.15, 0.2) is 54.6 Å². The largest absolute Gasteiger partial charge is 0.353 e. The lowest BCUT2D eigenvalue weighted by Gasteiger charge is -2.43. The normalized spacial score (nSPS) is 16.1. The van der Waals surface area contributed by atoms with E-state index in [1.165, 1.54) is 29.8 Å². The summed E-state index contributed by atoms with van der Waals surface area (Å²) in [7, 11) is 0.